The number of rotatable bonds is 1. The number of nitrogens with zero attached hydrogens (tertiary/aromatic N) is 2. The van der Waals surface area contributed by atoms with E-state index in [1.165, 1.54) is 0 Å². The normalized spacial score (nSPS) is 29.1. The molecule has 0 spiro atoms. The molecule has 2 saturated heterocycles. The summed E-state index contributed by atoms with van der Waals surface area (Å²) in [6.07, 6.45) is 1.94. The second-order valence-electron chi connectivity index (χ2n) is 5.36. The fraction of sp³-hybridized carbons (Fsp3) is 0.467. The van der Waals surface area contributed by atoms with Gasteiger partial charge in [-0.2, -0.15) is 5.26 Å². The molecule has 2 fully saturated rings. The fourth-order valence-corrected chi connectivity index (χ4v) is 3.31. The summed E-state index contributed by atoms with van der Waals surface area (Å²) in [5.74, 6) is -0.0588. The van der Waals surface area contributed by atoms with Crippen molar-refractivity contribution in [2.75, 3.05) is 0 Å². The van der Waals surface area contributed by atoms with Gasteiger partial charge in [0.05, 0.1) is 11.6 Å². The van der Waals surface area contributed by atoms with E-state index in [2.05, 4.69) is 0 Å². The summed E-state index contributed by atoms with van der Waals surface area (Å²) in [7, 11) is 0. The average molecular weight is 258 g/mol. The van der Waals surface area contributed by atoms with E-state index in [0.29, 0.717) is 24.0 Å². The molecule has 0 aromatic heterocycles. The molecule has 2 bridgehead atoms. The van der Waals surface area contributed by atoms with Crippen LogP contribution in [0, 0.1) is 11.3 Å². The SMILES string of the molecule is N#Cc1cccc(C(=O)N2C3CCC2CC(F)C3)c1. The lowest BCUT2D eigenvalue weighted by Gasteiger charge is -2.36. The number of halogens is 1. The third kappa shape index (κ3) is 2.10. The number of piperidine rings is 1. The highest BCUT2D eigenvalue weighted by atomic mass is 19.1. The lowest BCUT2D eigenvalue weighted by atomic mass is 9.99. The summed E-state index contributed by atoms with van der Waals surface area (Å²) in [5, 5.41) is 8.88. The van der Waals surface area contributed by atoms with Gasteiger partial charge in [0.1, 0.15) is 6.17 Å². The van der Waals surface area contributed by atoms with Crippen molar-refractivity contribution in [3.8, 4) is 6.07 Å². The monoisotopic (exact) mass is 258 g/mol. The van der Waals surface area contributed by atoms with E-state index >= 15 is 0 Å². The van der Waals surface area contributed by atoms with E-state index in [1.54, 1.807) is 24.3 Å². The van der Waals surface area contributed by atoms with Crippen LogP contribution in [0.25, 0.3) is 0 Å². The van der Waals surface area contributed by atoms with Gasteiger partial charge in [-0.15, -0.1) is 0 Å². The van der Waals surface area contributed by atoms with Crippen LogP contribution in [0.5, 0.6) is 0 Å². The Bertz CT molecular complexity index is 537. The molecule has 2 aliphatic rings. The van der Waals surface area contributed by atoms with Crippen LogP contribution < -0.4 is 0 Å². The number of benzene rings is 1. The topological polar surface area (TPSA) is 44.1 Å². The maximum atomic E-state index is 13.5. The van der Waals surface area contributed by atoms with Gasteiger partial charge < -0.3 is 4.90 Å². The molecule has 2 unspecified atom stereocenters. The largest absolute Gasteiger partial charge is 0.332 e. The minimum absolute atomic E-state index is 0.0343. The zero-order valence-electron chi connectivity index (χ0n) is 10.6. The molecule has 1 aromatic carbocycles. The first kappa shape index (κ1) is 12.2. The number of fused-ring (bicyclic) bond motifs is 2. The van der Waals surface area contributed by atoms with Crippen LogP contribution in [0.1, 0.15) is 41.6 Å². The van der Waals surface area contributed by atoms with E-state index in [4.69, 9.17) is 5.26 Å². The van der Waals surface area contributed by atoms with Crippen LogP contribution in [0.4, 0.5) is 4.39 Å². The first-order valence-corrected chi connectivity index (χ1v) is 6.66. The third-order valence-electron chi connectivity index (χ3n) is 4.15. The van der Waals surface area contributed by atoms with Crippen LogP contribution in [-0.4, -0.2) is 29.1 Å². The molecule has 19 heavy (non-hydrogen) atoms. The maximum Gasteiger partial charge on any atom is 0.254 e. The van der Waals surface area contributed by atoms with E-state index < -0.39 is 6.17 Å². The van der Waals surface area contributed by atoms with Crippen molar-refractivity contribution >= 4 is 5.91 Å². The summed E-state index contributed by atoms with van der Waals surface area (Å²) < 4.78 is 13.5. The summed E-state index contributed by atoms with van der Waals surface area (Å²) in [5.41, 5.74) is 1.02. The van der Waals surface area contributed by atoms with Gasteiger partial charge in [-0.1, -0.05) is 6.07 Å². The van der Waals surface area contributed by atoms with Gasteiger partial charge in [-0.05, 0) is 43.9 Å². The second-order valence-corrected chi connectivity index (χ2v) is 5.36. The van der Waals surface area contributed by atoms with Crippen LogP contribution >= 0.6 is 0 Å². The Labute approximate surface area is 111 Å². The molecule has 0 saturated carbocycles. The molecule has 1 aromatic rings. The number of alkyl halides is 1. The first-order chi connectivity index (χ1) is 9.19. The Morgan fingerprint density at radius 1 is 1.32 bits per heavy atom. The molecular weight excluding hydrogens is 243 g/mol. The first-order valence-electron chi connectivity index (χ1n) is 6.66. The number of amides is 1. The lowest BCUT2D eigenvalue weighted by Crippen LogP contribution is -2.47. The molecular formula is C15H15FN2O. The Morgan fingerprint density at radius 3 is 2.63 bits per heavy atom. The Kier molecular flexibility index (Phi) is 2.98. The average Bonchev–Trinajstić information content (AvgIpc) is 2.70. The molecule has 2 heterocycles. The van der Waals surface area contributed by atoms with Gasteiger partial charge >= 0.3 is 0 Å². The van der Waals surface area contributed by atoms with E-state index in [-0.39, 0.29) is 18.0 Å². The molecule has 3 nitrogen and oxygen atoms in total. The lowest BCUT2D eigenvalue weighted by molar-refractivity contribution is 0.0479. The molecule has 2 atom stereocenters. The Morgan fingerprint density at radius 2 is 2.00 bits per heavy atom. The Hall–Kier alpha value is -1.89. The standard InChI is InChI=1S/C15H15FN2O/c16-12-7-13-4-5-14(8-12)18(13)15(19)11-3-1-2-10(6-11)9-17/h1-3,6,12-14H,4-5,7-8H2. The van der Waals surface area contributed by atoms with Crippen molar-refractivity contribution in [1.82, 2.24) is 4.90 Å². The molecule has 4 heteroatoms. The summed E-state index contributed by atoms with van der Waals surface area (Å²) in [4.78, 5) is 14.4. The molecule has 3 rings (SSSR count). The van der Waals surface area contributed by atoms with Gasteiger partial charge in [0.2, 0.25) is 0 Å². The quantitative estimate of drug-likeness (QED) is 0.777. The molecule has 98 valence electrons. The highest BCUT2D eigenvalue weighted by molar-refractivity contribution is 5.95. The van der Waals surface area contributed by atoms with Crippen molar-refractivity contribution in [2.45, 2.75) is 43.9 Å². The predicted octanol–water partition coefficient (Wildman–Crippen LogP) is 2.66. The number of hydrogen-bond acceptors (Lipinski definition) is 2. The van der Waals surface area contributed by atoms with E-state index in [9.17, 15) is 9.18 Å². The third-order valence-corrected chi connectivity index (χ3v) is 4.15. The van der Waals surface area contributed by atoms with Crippen molar-refractivity contribution in [2.24, 2.45) is 0 Å². The predicted molar refractivity (Wildman–Crippen MR) is 68.3 cm³/mol. The highest BCUT2D eigenvalue weighted by Gasteiger charge is 2.43. The maximum absolute atomic E-state index is 13.5. The van der Waals surface area contributed by atoms with Crippen molar-refractivity contribution < 1.29 is 9.18 Å². The van der Waals surface area contributed by atoms with E-state index in [1.807, 2.05) is 11.0 Å². The van der Waals surface area contributed by atoms with Crippen molar-refractivity contribution in [3.63, 3.8) is 0 Å². The van der Waals surface area contributed by atoms with Gasteiger partial charge in [-0.3, -0.25) is 4.79 Å². The zero-order valence-corrected chi connectivity index (χ0v) is 10.6. The number of hydrogen-bond donors (Lipinski definition) is 0. The summed E-state index contributed by atoms with van der Waals surface area (Å²) in [6.45, 7) is 0. The molecule has 0 aliphatic carbocycles. The number of nitriles is 1. The van der Waals surface area contributed by atoms with Crippen LogP contribution in [0.3, 0.4) is 0 Å². The van der Waals surface area contributed by atoms with Gasteiger partial charge in [0.15, 0.2) is 0 Å². The van der Waals surface area contributed by atoms with E-state index in [0.717, 1.165) is 12.8 Å². The molecule has 1 amide bonds. The second kappa shape index (κ2) is 4.65. The van der Waals surface area contributed by atoms with Crippen molar-refractivity contribution in [1.29, 1.82) is 5.26 Å². The minimum atomic E-state index is -0.771. The molecule has 0 radical (unpaired) electrons. The van der Waals surface area contributed by atoms with Gasteiger partial charge in [0, 0.05) is 17.6 Å². The number of carbonyl (C=O) groups is 1. The van der Waals surface area contributed by atoms with Gasteiger partial charge in [0.25, 0.3) is 5.91 Å². The van der Waals surface area contributed by atoms with Gasteiger partial charge in [-0.25, -0.2) is 4.39 Å². The zero-order chi connectivity index (χ0) is 13.4. The van der Waals surface area contributed by atoms with Crippen LogP contribution in [0.15, 0.2) is 24.3 Å². The van der Waals surface area contributed by atoms with Crippen LogP contribution in [-0.2, 0) is 0 Å². The number of carbonyl (C=O) groups excluding carboxylic acids is 1. The highest BCUT2D eigenvalue weighted by Crippen LogP contribution is 2.37. The minimum Gasteiger partial charge on any atom is -0.332 e. The Balaban J connectivity index is 1.87. The molecule has 0 N–H and O–H groups in total. The summed E-state index contributed by atoms with van der Waals surface area (Å²) in [6, 6.07) is 8.85. The van der Waals surface area contributed by atoms with Crippen molar-refractivity contribution in [3.05, 3.63) is 35.4 Å². The fourth-order valence-electron chi connectivity index (χ4n) is 3.31. The smallest absolute Gasteiger partial charge is 0.254 e. The van der Waals surface area contributed by atoms with Crippen LogP contribution in [0.2, 0.25) is 0 Å². The molecule has 2 aliphatic heterocycles. The summed E-state index contributed by atoms with van der Waals surface area (Å²) >= 11 is 0.